The lowest BCUT2D eigenvalue weighted by atomic mass is 9.79. The summed E-state index contributed by atoms with van der Waals surface area (Å²) in [5.41, 5.74) is -0.507. The van der Waals surface area contributed by atoms with Gasteiger partial charge >= 0.3 is 5.97 Å². The van der Waals surface area contributed by atoms with E-state index in [1.54, 1.807) is 13.0 Å². The molecule has 2 aromatic carbocycles. The van der Waals surface area contributed by atoms with E-state index >= 15 is 0 Å². The van der Waals surface area contributed by atoms with Crippen molar-refractivity contribution >= 4 is 23.1 Å². The highest BCUT2D eigenvalue weighted by molar-refractivity contribution is 6.41. The number of carbonyl (C=O) groups excluding carboxylic acids is 2. The lowest BCUT2D eigenvalue weighted by Crippen LogP contribution is -2.21. The number of benzene rings is 2. The number of aryl methyl sites for hydroxylation is 1. The molecule has 0 radical (unpaired) electrons. The number of allylic oxidation sites excluding steroid dienone is 2. The molecule has 26 heavy (non-hydrogen) atoms. The van der Waals surface area contributed by atoms with Crippen LogP contribution in [0.2, 0.25) is 0 Å². The van der Waals surface area contributed by atoms with Crippen molar-refractivity contribution in [1.29, 1.82) is 0 Å². The first-order valence-electron chi connectivity index (χ1n) is 7.57. The van der Waals surface area contributed by atoms with E-state index in [0.717, 1.165) is 11.6 Å². The van der Waals surface area contributed by atoms with Crippen molar-refractivity contribution in [3.63, 3.8) is 0 Å². The lowest BCUT2D eigenvalue weighted by molar-refractivity contribution is 0.0695. The van der Waals surface area contributed by atoms with Crippen LogP contribution in [0.25, 0.3) is 5.57 Å². The summed E-state index contributed by atoms with van der Waals surface area (Å²) in [4.78, 5) is 37.2. The molecule has 0 heterocycles. The second-order valence-corrected chi connectivity index (χ2v) is 6.03. The summed E-state index contributed by atoms with van der Waals surface area (Å²) >= 11 is 0. The Hall–Kier alpha value is -3.61. The second-order valence-electron chi connectivity index (χ2n) is 6.03. The average molecular weight is 354 g/mol. The zero-order valence-electron chi connectivity index (χ0n) is 13.8. The number of carboxylic acids is 1. The molecular formula is C19H14O7. The number of carbonyl (C=O) groups is 3. The van der Waals surface area contributed by atoms with Crippen LogP contribution < -0.4 is 0 Å². The molecule has 0 saturated heterocycles. The second kappa shape index (κ2) is 5.73. The van der Waals surface area contributed by atoms with Gasteiger partial charge in [-0.05, 0) is 26.0 Å². The Morgan fingerprint density at radius 2 is 1.54 bits per heavy atom. The molecule has 0 saturated carbocycles. The van der Waals surface area contributed by atoms with Crippen molar-refractivity contribution in [2.75, 3.05) is 0 Å². The molecule has 0 bridgehead atoms. The molecule has 7 nitrogen and oxygen atoms in total. The molecule has 1 aliphatic carbocycles. The minimum absolute atomic E-state index is 0.0609. The van der Waals surface area contributed by atoms with Gasteiger partial charge < -0.3 is 20.4 Å². The van der Waals surface area contributed by atoms with Gasteiger partial charge in [0.15, 0.2) is 23.1 Å². The maximum Gasteiger partial charge on any atom is 0.336 e. The van der Waals surface area contributed by atoms with Crippen molar-refractivity contribution in [3.8, 4) is 17.2 Å². The highest BCUT2D eigenvalue weighted by Crippen LogP contribution is 2.45. The number of phenols is 3. The SMILES string of the molecule is CC1=C(c2c(C(=O)O)cc(O)c(O)c2O)C(=O)c2cc(C)ccc2C1=O. The third-order valence-electron chi connectivity index (χ3n) is 4.34. The molecule has 0 aliphatic heterocycles. The first-order chi connectivity index (χ1) is 12.1. The molecule has 0 aromatic heterocycles. The van der Waals surface area contributed by atoms with Gasteiger partial charge in [-0.25, -0.2) is 4.79 Å². The Morgan fingerprint density at radius 3 is 2.15 bits per heavy atom. The highest BCUT2D eigenvalue weighted by atomic mass is 16.4. The summed E-state index contributed by atoms with van der Waals surface area (Å²) in [5, 5.41) is 39.0. The minimum Gasteiger partial charge on any atom is -0.504 e. The van der Waals surface area contributed by atoms with Gasteiger partial charge in [-0.3, -0.25) is 9.59 Å². The van der Waals surface area contributed by atoms with Crippen LogP contribution in [-0.4, -0.2) is 38.0 Å². The largest absolute Gasteiger partial charge is 0.504 e. The molecule has 132 valence electrons. The number of phenolic OH excluding ortho intramolecular Hbond substituents is 3. The Morgan fingerprint density at radius 1 is 0.885 bits per heavy atom. The van der Waals surface area contributed by atoms with E-state index in [0.29, 0.717) is 0 Å². The zero-order valence-corrected chi connectivity index (χ0v) is 13.8. The molecule has 0 atom stereocenters. The van der Waals surface area contributed by atoms with E-state index in [-0.39, 0.29) is 22.3 Å². The summed E-state index contributed by atoms with van der Waals surface area (Å²) in [6.07, 6.45) is 0. The predicted molar refractivity (Wildman–Crippen MR) is 90.8 cm³/mol. The molecule has 0 fully saturated rings. The van der Waals surface area contributed by atoms with Crippen LogP contribution in [0.15, 0.2) is 29.8 Å². The highest BCUT2D eigenvalue weighted by Gasteiger charge is 2.35. The molecular weight excluding hydrogens is 340 g/mol. The fourth-order valence-corrected chi connectivity index (χ4v) is 3.03. The number of hydrogen-bond donors (Lipinski definition) is 4. The summed E-state index contributed by atoms with van der Waals surface area (Å²) in [7, 11) is 0. The standard InChI is InChI=1S/C19H14O7/c1-7-3-4-9-10(5-7)16(22)13(8(2)15(9)21)14-11(19(25)26)6-12(20)17(23)18(14)24/h3-6,20,23-24H,1-2H3,(H,25,26). The molecule has 3 rings (SSSR count). The van der Waals surface area contributed by atoms with Crippen molar-refractivity contribution < 1.29 is 34.8 Å². The summed E-state index contributed by atoms with van der Waals surface area (Å²) in [6.45, 7) is 3.07. The molecule has 7 heteroatoms. The van der Waals surface area contributed by atoms with Gasteiger partial charge in [0.2, 0.25) is 5.75 Å². The van der Waals surface area contributed by atoms with Crippen molar-refractivity contribution in [2.24, 2.45) is 0 Å². The number of hydrogen-bond acceptors (Lipinski definition) is 6. The smallest absolute Gasteiger partial charge is 0.336 e. The number of ketones is 2. The van der Waals surface area contributed by atoms with Crippen LogP contribution in [0.5, 0.6) is 17.2 Å². The maximum atomic E-state index is 13.0. The molecule has 0 amide bonds. The van der Waals surface area contributed by atoms with Crippen molar-refractivity contribution in [3.05, 3.63) is 57.7 Å². The van der Waals surface area contributed by atoms with E-state index in [1.807, 2.05) is 0 Å². The Kier molecular flexibility index (Phi) is 3.80. The predicted octanol–water partition coefficient (Wildman–Crippen LogP) is 2.66. The molecule has 2 aromatic rings. The van der Waals surface area contributed by atoms with Gasteiger partial charge in [0.05, 0.1) is 5.56 Å². The van der Waals surface area contributed by atoms with Crippen LogP contribution in [0, 0.1) is 6.92 Å². The van der Waals surface area contributed by atoms with E-state index < -0.39 is 45.9 Å². The molecule has 0 spiro atoms. The van der Waals surface area contributed by atoms with Gasteiger partial charge in [-0.2, -0.15) is 0 Å². The van der Waals surface area contributed by atoms with E-state index in [1.165, 1.54) is 19.1 Å². The van der Waals surface area contributed by atoms with Gasteiger partial charge in [0.25, 0.3) is 0 Å². The number of rotatable bonds is 2. The first kappa shape index (κ1) is 17.2. The van der Waals surface area contributed by atoms with Crippen molar-refractivity contribution in [2.45, 2.75) is 13.8 Å². The fraction of sp³-hybridized carbons (Fsp3) is 0.105. The number of fused-ring (bicyclic) bond motifs is 1. The minimum atomic E-state index is -1.54. The first-order valence-corrected chi connectivity index (χ1v) is 7.57. The van der Waals surface area contributed by atoms with E-state index in [9.17, 15) is 34.8 Å². The molecule has 0 unspecified atom stereocenters. The quantitative estimate of drug-likeness (QED) is 0.609. The molecule has 4 N–H and O–H groups in total. The van der Waals surface area contributed by atoms with E-state index in [2.05, 4.69) is 0 Å². The fourth-order valence-electron chi connectivity index (χ4n) is 3.03. The Balaban J connectivity index is 2.40. The molecule has 1 aliphatic rings. The zero-order chi connectivity index (χ0) is 19.3. The van der Waals surface area contributed by atoms with Gasteiger partial charge in [0, 0.05) is 27.8 Å². The van der Waals surface area contributed by atoms with Crippen LogP contribution in [0.4, 0.5) is 0 Å². The normalized spacial score (nSPS) is 13.8. The number of Topliss-reactive ketones (excluding diaryl/α,β-unsaturated/α-hetero) is 2. The maximum absolute atomic E-state index is 13.0. The third kappa shape index (κ3) is 2.33. The Labute approximate surface area is 147 Å². The number of aromatic hydroxyl groups is 3. The Bertz CT molecular complexity index is 1040. The van der Waals surface area contributed by atoms with E-state index in [4.69, 9.17) is 0 Å². The number of carboxylic acid groups (broad SMARTS) is 1. The van der Waals surface area contributed by atoms with Crippen LogP contribution in [-0.2, 0) is 0 Å². The third-order valence-corrected chi connectivity index (χ3v) is 4.34. The topological polar surface area (TPSA) is 132 Å². The average Bonchev–Trinajstić information content (AvgIpc) is 2.59. The lowest BCUT2D eigenvalue weighted by Gasteiger charge is -2.22. The van der Waals surface area contributed by atoms with Gasteiger partial charge in [0.1, 0.15) is 0 Å². The van der Waals surface area contributed by atoms with Gasteiger partial charge in [-0.1, -0.05) is 17.7 Å². The monoisotopic (exact) mass is 354 g/mol. The number of aromatic carboxylic acids is 1. The van der Waals surface area contributed by atoms with Crippen LogP contribution >= 0.6 is 0 Å². The summed E-state index contributed by atoms with van der Waals surface area (Å²) in [5.74, 6) is -5.48. The van der Waals surface area contributed by atoms with Crippen LogP contribution in [0.3, 0.4) is 0 Å². The van der Waals surface area contributed by atoms with Crippen molar-refractivity contribution in [1.82, 2.24) is 0 Å². The van der Waals surface area contributed by atoms with Crippen LogP contribution in [0.1, 0.15) is 49.1 Å². The summed E-state index contributed by atoms with van der Waals surface area (Å²) < 4.78 is 0. The van der Waals surface area contributed by atoms with Gasteiger partial charge in [-0.15, -0.1) is 0 Å². The summed E-state index contributed by atoms with van der Waals surface area (Å²) in [6, 6.07) is 5.41.